The maximum atomic E-state index is 11.3. The standard InChI is InChI=1S/C8H16N2O2/c1-6(2)12-5-7(11)8-9-3-4-10-8/h6,8-10H,3-5H2,1-2H3. The van der Waals surface area contributed by atoms with E-state index >= 15 is 0 Å². The van der Waals surface area contributed by atoms with Gasteiger partial charge in [0.25, 0.3) is 0 Å². The zero-order valence-corrected chi connectivity index (χ0v) is 7.59. The zero-order chi connectivity index (χ0) is 8.97. The highest BCUT2D eigenvalue weighted by Gasteiger charge is 2.20. The van der Waals surface area contributed by atoms with E-state index in [9.17, 15) is 4.79 Å². The van der Waals surface area contributed by atoms with Crippen LogP contribution in [0.25, 0.3) is 0 Å². The van der Waals surface area contributed by atoms with Gasteiger partial charge in [-0.2, -0.15) is 0 Å². The third kappa shape index (κ3) is 2.89. The number of rotatable bonds is 4. The van der Waals surface area contributed by atoms with Crippen LogP contribution in [0.1, 0.15) is 13.8 Å². The molecule has 4 heteroatoms. The fourth-order valence-corrected chi connectivity index (χ4v) is 1.06. The van der Waals surface area contributed by atoms with Gasteiger partial charge in [0.2, 0.25) is 0 Å². The third-order valence-electron chi connectivity index (χ3n) is 1.70. The van der Waals surface area contributed by atoms with Crippen molar-refractivity contribution in [3.63, 3.8) is 0 Å². The van der Waals surface area contributed by atoms with Gasteiger partial charge in [0.15, 0.2) is 5.78 Å². The quantitative estimate of drug-likeness (QED) is 0.600. The van der Waals surface area contributed by atoms with Gasteiger partial charge in [-0.3, -0.25) is 15.4 Å². The van der Waals surface area contributed by atoms with Gasteiger partial charge in [0.05, 0.1) is 6.10 Å². The van der Waals surface area contributed by atoms with E-state index in [0.717, 1.165) is 13.1 Å². The van der Waals surface area contributed by atoms with Crippen LogP contribution < -0.4 is 10.6 Å². The molecule has 0 atom stereocenters. The molecule has 70 valence electrons. The minimum atomic E-state index is -0.191. The van der Waals surface area contributed by atoms with Gasteiger partial charge in [-0.1, -0.05) is 0 Å². The van der Waals surface area contributed by atoms with Crippen molar-refractivity contribution in [3.05, 3.63) is 0 Å². The summed E-state index contributed by atoms with van der Waals surface area (Å²) in [7, 11) is 0. The largest absolute Gasteiger partial charge is 0.371 e. The molecule has 4 nitrogen and oxygen atoms in total. The molecule has 1 fully saturated rings. The molecule has 1 aliphatic rings. The number of carbonyl (C=O) groups is 1. The Bertz CT molecular complexity index is 153. The first-order chi connectivity index (χ1) is 5.70. The maximum absolute atomic E-state index is 11.3. The van der Waals surface area contributed by atoms with Crippen LogP contribution in [-0.2, 0) is 9.53 Å². The first-order valence-electron chi connectivity index (χ1n) is 4.31. The lowest BCUT2D eigenvalue weighted by Gasteiger charge is -2.11. The Labute approximate surface area is 72.7 Å². The molecule has 0 spiro atoms. The first kappa shape index (κ1) is 9.64. The molecule has 0 aromatic heterocycles. The van der Waals surface area contributed by atoms with Gasteiger partial charge in [-0.05, 0) is 13.8 Å². The summed E-state index contributed by atoms with van der Waals surface area (Å²) in [5.41, 5.74) is 0. The van der Waals surface area contributed by atoms with Gasteiger partial charge < -0.3 is 4.74 Å². The molecule has 0 aromatic carbocycles. The Kier molecular flexibility index (Phi) is 3.65. The normalized spacial score (nSPS) is 18.9. The molecular weight excluding hydrogens is 156 g/mol. The second-order valence-corrected chi connectivity index (χ2v) is 3.17. The molecule has 1 aliphatic heterocycles. The van der Waals surface area contributed by atoms with Crippen LogP contribution in [0.2, 0.25) is 0 Å². The summed E-state index contributed by atoms with van der Waals surface area (Å²) in [5, 5.41) is 6.08. The van der Waals surface area contributed by atoms with Gasteiger partial charge in [-0.25, -0.2) is 0 Å². The Morgan fingerprint density at radius 3 is 2.58 bits per heavy atom. The van der Waals surface area contributed by atoms with E-state index in [4.69, 9.17) is 4.74 Å². The maximum Gasteiger partial charge on any atom is 0.189 e. The Morgan fingerprint density at radius 2 is 2.08 bits per heavy atom. The van der Waals surface area contributed by atoms with Crippen molar-refractivity contribution >= 4 is 5.78 Å². The van der Waals surface area contributed by atoms with Crippen LogP contribution >= 0.6 is 0 Å². The summed E-state index contributed by atoms with van der Waals surface area (Å²) in [6.07, 6.45) is -0.0703. The van der Waals surface area contributed by atoms with Crippen molar-refractivity contribution in [3.8, 4) is 0 Å². The predicted molar refractivity (Wildman–Crippen MR) is 45.9 cm³/mol. The topological polar surface area (TPSA) is 50.4 Å². The van der Waals surface area contributed by atoms with E-state index < -0.39 is 0 Å². The molecule has 0 aromatic rings. The Balaban J connectivity index is 2.18. The summed E-state index contributed by atoms with van der Waals surface area (Å²) in [5.74, 6) is 0.0844. The van der Waals surface area contributed by atoms with Gasteiger partial charge in [0.1, 0.15) is 12.8 Å². The molecule has 1 rings (SSSR count). The van der Waals surface area contributed by atoms with E-state index in [1.807, 2.05) is 13.8 Å². The van der Waals surface area contributed by atoms with Gasteiger partial charge in [0, 0.05) is 13.1 Å². The number of nitrogens with one attached hydrogen (secondary N) is 2. The number of ketones is 1. The van der Waals surface area contributed by atoms with Crippen molar-refractivity contribution in [1.29, 1.82) is 0 Å². The van der Waals surface area contributed by atoms with E-state index in [0.29, 0.717) is 0 Å². The smallest absolute Gasteiger partial charge is 0.189 e. The number of ether oxygens (including phenoxy) is 1. The molecule has 12 heavy (non-hydrogen) atoms. The highest BCUT2D eigenvalue weighted by Crippen LogP contribution is 1.92. The molecule has 1 heterocycles. The van der Waals surface area contributed by atoms with Crippen LogP contribution in [0.4, 0.5) is 0 Å². The fraction of sp³-hybridized carbons (Fsp3) is 0.875. The average molecular weight is 172 g/mol. The molecule has 0 aliphatic carbocycles. The Hall–Kier alpha value is -0.450. The van der Waals surface area contributed by atoms with Crippen molar-refractivity contribution in [2.75, 3.05) is 19.7 Å². The number of hydrogen-bond donors (Lipinski definition) is 2. The lowest BCUT2D eigenvalue weighted by atomic mass is 10.3. The fourth-order valence-electron chi connectivity index (χ4n) is 1.06. The molecule has 0 bridgehead atoms. The lowest BCUT2D eigenvalue weighted by molar-refractivity contribution is -0.127. The molecule has 0 radical (unpaired) electrons. The molecule has 0 saturated carbocycles. The average Bonchev–Trinajstić information content (AvgIpc) is 2.51. The van der Waals surface area contributed by atoms with Crippen LogP contribution in [0.5, 0.6) is 0 Å². The second kappa shape index (κ2) is 4.54. The van der Waals surface area contributed by atoms with E-state index in [2.05, 4.69) is 10.6 Å². The summed E-state index contributed by atoms with van der Waals surface area (Å²) in [6.45, 7) is 5.75. The highest BCUT2D eigenvalue weighted by molar-refractivity contribution is 5.85. The monoisotopic (exact) mass is 172 g/mol. The molecule has 0 unspecified atom stereocenters. The Morgan fingerprint density at radius 1 is 1.50 bits per heavy atom. The van der Waals surface area contributed by atoms with E-state index in [-0.39, 0.29) is 24.7 Å². The highest BCUT2D eigenvalue weighted by atomic mass is 16.5. The summed E-state index contributed by atoms with van der Waals surface area (Å²) >= 11 is 0. The summed E-state index contributed by atoms with van der Waals surface area (Å²) in [6, 6.07) is 0. The van der Waals surface area contributed by atoms with E-state index in [1.165, 1.54) is 0 Å². The lowest BCUT2D eigenvalue weighted by Crippen LogP contribution is -2.41. The van der Waals surface area contributed by atoms with Gasteiger partial charge in [-0.15, -0.1) is 0 Å². The van der Waals surface area contributed by atoms with Crippen LogP contribution in [0, 0.1) is 0 Å². The van der Waals surface area contributed by atoms with Crippen molar-refractivity contribution in [1.82, 2.24) is 10.6 Å². The molecule has 1 saturated heterocycles. The van der Waals surface area contributed by atoms with Gasteiger partial charge >= 0.3 is 0 Å². The van der Waals surface area contributed by atoms with E-state index in [1.54, 1.807) is 0 Å². The first-order valence-corrected chi connectivity index (χ1v) is 4.31. The molecular formula is C8H16N2O2. The van der Waals surface area contributed by atoms with Crippen molar-refractivity contribution in [2.24, 2.45) is 0 Å². The van der Waals surface area contributed by atoms with Crippen LogP contribution in [0.15, 0.2) is 0 Å². The summed E-state index contributed by atoms with van der Waals surface area (Å²) < 4.78 is 5.19. The minimum absolute atomic E-state index is 0.0844. The van der Waals surface area contributed by atoms with Crippen LogP contribution in [-0.4, -0.2) is 37.7 Å². The third-order valence-corrected chi connectivity index (χ3v) is 1.70. The molecule has 0 amide bonds. The number of carbonyl (C=O) groups excluding carboxylic acids is 1. The summed E-state index contributed by atoms with van der Waals surface area (Å²) in [4.78, 5) is 11.3. The second-order valence-electron chi connectivity index (χ2n) is 3.17. The minimum Gasteiger partial charge on any atom is -0.371 e. The number of hydrogen-bond acceptors (Lipinski definition) is 4. The number of Topliss-reactive ketones (excluding diaryl/α,β-unsaturated/α-hetero) is 1. The van der Waals surface area contributed by atoms with Crippen molar-refractivity contribution in [2.45, 2.75) is 26.1 Å². The van der Waals surface area contributed by atoms with Crippen molar-refractivity contribution < 1.29 is 9.53 Å². The molecule has 2 N–H and O–H groups in total. The van der Waals surface area contributed by atoms with Crippen LogP contribution in [0.3, 0.4) is 0 Å². The zero-order valence-electron chi connectivity index (χ0n) is 7.59. The predicted octanol–water partition coefficient (Wildman–Crippen LogP) is -0.501. The SMILES string of the molecule is CC(C)OCC(=O)C1NCCN1.